The number of nitrogens with zero attached hydrogens (tertiary/aromatic N) is 4. The fourth-order valence-electron chi connectivity index (χ4n) is 3.72. The van der Waals surface area contributed by atoms with Crippen LogP contribution in [0.1, 0.15) is 18.2 Å². The van der Waals surface area contributed by atoms with Crippen molar-refractivity contribution < 1.29 is 4.79 Å². The number of fused-ring (bicyclic) bond motifs is 1. The van der Waals surface area contributed by atoms with E-state index in [1.165, 1.54) is 12.3 Å². The second kappa shape index (κ2) is 7.98. The van der Waals surface area contributed by atoms with Gasteiger partial charge in [-0.05, 0) is 30.7 Å². The molecule has 0 unspecified atom stereocenters. The standard InChI is InChI=1S/C21H26N6O/c1-15-13-17(22-14-20(15)23-16(2)28)7-8-26-9-11-27(12-10-26)21-18-5-3-4-6-19(18)24-25-21/h3-6,13-14H,7-12H2,1-2H3,(H,23,28)(H,24,25). The molecule has 1 aliphatic rings. The molecule has 3 heterocycles. The number of hydrogen-bond acceptors (Lipinski definition) is 5. The summed E-state index contributed by atoms with van der Waals surface area (Å²) in [4.78, 5) is 20.5. The largest absolute Gasteiger partial charge is 0.352 e. The fourth-order valence-corrected chi connectivity index (χ4v) is 3.72. The van der Waals surface area contributed by atoms with E-state index >= 15 is 0 Å². The van der Waals surface area contributed by atoms with E-state index in [-0.39, 0.29) is 5.91 Å². The predicted molar refractivity (Wildman–Crippen MR) is 112 cm³/mol. The number of carbonyl (C=O) groups is 1. The van der Waals surface area contributed by atoms with Crippen molar-refractivity contribution in [3.05, 3.63) is 47.8 Å². The number of benzene rings is 1. The normalized spacial score (nSPS) is 15.1. The van der Waals surface area contributed by atoms with Crippen LogP contribution in [0.25, 0.3) is 10.9 Å². The third-order valence-electron chi connectivity index (χ3n) is 5.28. The minimum atomic E-state index is -0.0692. The van der Waals surface area contributed by atoms with Crippen LogP contribution >= 0.6 is 0 Å². The van der Waals surface area contributed by atoms with Crippen LogP contribution in [-0.4, -0.2) is 58.7 Å². The van der Waals surface area contributed by atoms with E-state index in [9.17, 15) is 4.79 Å². The second-order valence-electron chi connectivity index (χ2n) is 7.34. The van der Waals surface area contributed by atoms with E-state index in [1.807, 2.05) is 13.0 Å². The molecule has 2 N–H and O–H groups in total. The average molecular weight is 378 g/mol. The predicted octanol–water partition coefficient (Wildman–Crippen LogP) is 2.59. The van der Waals surface area contributed by atoms with Gasteiger partial charge < -0.3 is 10.2 Å². The Morgan fingerprint density at radius 1 is 1.21 bits per heavy atom. The summed E-state index contributed by atoms with van der Waals surface area (Å²) in [6.07, 6.45) is 2.67. The Morgan fingerprint density at radius 3 is 2.75 bits per heavy atom. The number of para-hydroxylation sites is 1. The molecule has 1 amide bonds. The summed E-state index contributed by atoms with van der Waals surface area (Å²) in [6.45, 7) is 8.49. The SMILES string of the molecule is CC(=O)Nc1cnc(CCN2CCN(c3n[nH]c4ccccc34)CC2)cc1C. The summed E-state index contributed by atoms with van der Waals surface area (Å²) in [7, 11) is 0. The number of aryl methyl sites for hydroxylation is 1. The molecule has 28 heavy (non-hydrogen) atoms. The van der Waals surface area contributed by atoms with Crippen molar-refractivity contribution in [2.24, 2.45) is 0 Å². The molecule has 0 radical (unpaired) electrons. The maximum atomic E-state index is 11.2. The number of hydrogen-bond donors (Lipinski definition) is 2. The summed E-state index contributed by atoms with van der Waals surface area (Å²) in [6, 6.07) is 10.3. The minimum Gasteiger partial charge on any atom is -0.352 e. The molecule has 0 bridgehead atoms. The van der Waals surface area contributed by atoms with Crippen LogP contribution in [0, 0.1) is 6.92 Å². The van der Waals surface area contributed by atoms with Crippen LogP contribution in [0.5, 0.6) is 0 Å². The van der Waals surface area contributed by atoms with Crippen molar-refractivity contribution in [2.45, 2.75) is 20.3 Å². The van der Waals surface area contributed by atoms with E-state index in [0.717, 1.165) is 67.4 Å². The van der Waals surface area contributed by atoms with Crippen LogP contribution < -0.4 is 10.2 Å². The zero-order valence-corrected chi connectivity index (χ0v) is 16.4. The second-order valence-corrected chi connectivity index (χ2v) is 7.34. The first-order valence-electron chi connectivity index (χ1n) is 9.73. The lowest BCUT2D eigenvalue weighted by Crippen LogP contribution is -2.47. The number of amides is 1. The van der Waals surface area contributed by atoms with Gasteiger partial charge in [-0.2, -0.15) is 5.10 Å². The van der Waals surface area contributed by atoms with Gasteiger partial charge in [0.25, 0.3) is 0 Å². The van der Waals surface area contributed by atoms with Crippen LogP contribution in [0.2, 0.25) is 0 Å². The summed E-state index contributed by atoms with van der Waals surface area (Å²) >= 11 is 0. The Kier molecular flexibility index (Phi) is 5.25. The van der Waals surface area contributed by atoms with Gasteiger partial charge in [-0.3, -0.25) is 19.8 Å². The van der Waals surface area contributed by atoms with Crippen molar-refractivity contribution in [1.29, 1.82) is 0 Å². The Morgan fingerprint density at radius 2 is 2.00 bits per heavy atom. The van der Waals surface area contributed by atoms with Gasteiger partial charge in [0.05, 0.1) is 17.4 Å². The number of H-pyrrole nitrogens is 1. The summed E-state index contributed by atoms with van der Waals surface area (Å²) in [5, 5.41) is 11.6. The number of piperazine rings is 1. The average Bonchev–Trinajstić information content (AvgIpc) is 3.12. The summed E-state index contributed by atoms with van der Waals surface area (Å²) < 4.78 is 0. The number of nitrogens with one attached hydrogen (secondary N) is 2. The maximum Gasteiger partial charge on any atom is 0.221 e. The van der Waals surface area contributed by atoms with Crippen molar-refractivity contribution >= 4 is 28.3 Å². The molecular formula is C21H26N6O. The lowest BCUT2D eigenvalue weighted by Gasteiger charge is -2.35. The van der Waals surface area contributed by atoms with Gasteiger partial charge in [0, 0.05) is 57.1 Å². The molecule has 1 saturated heterocycles. The van der Waals surface area contributed by atoms with Gasteiger partial charge in [-0.1, -0.05) is 12.1 Å². The molecule has 0 saturated carbocycles. The number of anilines is 2. The highest BCUT2D eigenvalue weighted by Crippen LogP contribution is 2.24. The van der Waals surface area contributed by atoms with E-state index in [0.29, 0.717) is 0 Å². The molecule has 4 rings (SSSR count). The zero-order valence-electron chi connectivity index (χ0n) is 16.4. The Balaban J connectivity index is 1.31. The smallest absolute Gasteiger partial charge is 0.221 e. The van der Waals surface area contributed by atoms with Crippen LogP contribution in [-0.2, 0) is 11.2 Å². The number of carbonyl (C=O) groups excluding carboxylic acids is 1. The molecule has 1 aliphatic heterocycles. The molecule has 0 aliphatic carbocycles. The quantitative estimate of drug-likeness (QED) is 0.714. The van der Waals surface area contributed by atoms with Crippen LogP contribution in [0.4, 0.5) is 11.5 Å². The molecule has 3 aromatic rings. The third-order valence-corrected chi connectivity index (χ3v) is 5.28. The highest BCUT2D eigenvalue weighted by molar-refractivity contribution is 5.90. The van der Waals surface area contributed by atoms with Crippen molar-refractivity contribution in [1.82, 2.24) is 20.1 Å². The van der Waals surface area contributed by atoms with Gasteiger partial charge in [0.1, 0.15) is 0 Å². The Labute approximate surface area is 164 Å². The molecule has 7 heteroatoms. The summed E-state index contributed by atoms with van der Waals surface area (Å²) in [5.41, 5.74) is 3.99. The molecule has 1 aromatic carbocycles. The molecule has 7 nitrogen and oxygen atoms in total. The zero-order chi connectivity index (χ0) is 19.5. The Hall–Kier alpha value is -2.93. The topological polar surface area (TPSA) is 77.2 Å². The molecule has 0 spiro atoms. The highest BCUT2D eigenvalue weighted by atomic mass is 16.1. The van der Waals surface area contributed by atoms with Crippen molar-refractivity contribution in [2.75, 3.05) is 42.9 Å². The molecule has 1 fully saturated rings. The first-order chi connectivity index (χ1) is 13.6. The molecule has 146 valence electrons. The monoisotopic (exact) mass is 378 g/mol. The molecular weight excluding hydrogens is 352 g/mol. The number of pyridine rings is 1. The van der Waals surface area contributed by atoms with Crippen molar-refractivity contribution in [3.63, 3.8) is 0 Å². The first-order valence-corrected chi connectivity index (χ1v) is 9.73. The molecule has 0 atom stereocenters. The van der Waals surface area contributed by atoms with Crippen molar-refractivity contribution in [3.8, 4) is 0 Å². The van der Waals surface area contributed by atoms with E-state index < -0.39 is 0 Å². The van der Waals surface area contributed by atoms with Gasteiger partial charge >= 0.3 is 0 Å². The molecule has 2 aromatic heterocycles. The third kappa shape index (κ3) is 3.99. The van der Waals surface area contributed by atoms with E-state index in [2.05, 4.69) is 54.6 Å². The maximum absolute atomic E-state index is 11.2. The van der Waals surface area contributed by atoms with E-state index in [1.54, 1.807) is 6.20 Å². The number of aromatic amines is 1. The van der Waals surface area contributed by atoms with Gasteiger partial charge in [0.2, 0.25) is 5.91 Å². The van der Waals surface area contributed by atoms with Crippen LogP contribution in [0.15, 0.2) is 36.5 Å². The summed E-state index contributed by atoms with van der Waals surface area (Å²) in [5.74, 6) is 0.987. The fraction of sp³-hybridized carbons (Fsp3) is 0.381. The number of aromatic nitrogens is 3. The first kappa shape index (κ1) is 18.4. The van der Waals surface area contributed by atoms with Gasteiger partial charge in [-0.15, -0.1) is 0 Å². The van der Waals surface area contributed by atoms with Gasteiger partial charge in [0.15, 0.2) is 5.82 Å². The number of rotatable bonds is 5. The lowest BCUT2D eigenvalue weighted by atomic mass is 10.1. The Bertz CT molecular complexity index is 974. The minimum absolute atomic E-state index is 0.0692. The van der Waals surface area contributed by atoms with Gasteiger partial charge in [-0.25, -0.2) is 0 Å². The lowest BCUT2D eigenvalue weighted by molar-refractivity contribution is -0.114. The van der Waals surface area contributed by atoms with E-state index in [4.69, 9.17) is 0 Å². The van der Waals surface area contributed by atoms with Crippen LogP contribution in [0.3, 0.4) is 0 Å². The highest BCUT2D eigenvalue weighted by Gasteiger charge is 2.20.